The number of allylic oxidation sites excluding steroid dienone is 4. The Kier molecular flexibility index (Phi) is 11.0. The van der Waals surface area contributed by atoms with Gasteiger partial charge < -0.3 is 5.11 Å². The molecule has 1 heterocycles. The van der Waals surface area contributed by atoms with E-state index in [0.717, 1.165) is 37.1 Å². The summed E-state index contributed by atoms with van der Waals surface area (Å²) >= 11 is 0. The summed E-state index contributed by atoms with van der Waals surface area (Å²) in [4.78, 5) is 14.8. The lowest BCUT2D eigenvalue weighted by atomic mass is 9.95. The quantitative estimate of drug-likeness (QED) is 0.354. The van der Waals surface area contributed by atoms with Gasteiger partial charge in [0, 0.05) is 25.3 Å². The number of carbonyl (C=O) groups is 1. The molecule has 2 atom stereocenters. The highest BCUT2D eigenvalue weighted by molar-refractivity contribution is 5.98. The van der Waals surface area contributed by atoms with Gasteiger partial charge in [-0.1, -0.05) is 106 Å². The molecule has 1 aliphatic rings. The Morgan fingerprint density at radius 2 is 1.76 bits per heavy atom. The molecule has 3 heteroatoms. The molecule has 0 saturated carbocycles. The fourth-order valence-electron chi connectivity index (χ4n) is 4.28. The minimum Gasteiger partial charge on any atom is -0.396 e. The Morgan fingerprint density at radius 1 is 1.06 bits per heavy atom. The summed E-state index contributed by atoms with van der Waals surface area (Å²) in [5.41, 5.74) is 5.54. The number of hydrogen-bond acceptors (Lipinski definition) is 3. The number of aliphatic hydroxyl groups is 1. The van der Waals surface area contributed by atoms with Gasteiger partial charge in [-0.3, -0.25) is 9.69 Å². The van der Waals surface area contributed by atoms with Crippen molar-refractivity contribution in [3.63, 3.8) is 0 Å². The fourth-order valence-corrected chi connectivity index (χ4v) is 4.28. The highest BCUT2D eigenvalue weighted by Gasteiger charge is 2.31. The van der Waals surface area contributed by atoms with E-state index in [0.29, 0.717) is 18.4 Å². The zero-order chi connectivity index (χ0) is 24.2. The van der Waals surface area contributed by atoms with Gasteiger partial charge in [-0.25, -0.2) is 0 Å². The van der Waals surface area contributed by atoms with E-state index in [1.165, 1.54) is 16.7 Å². The summed E-state index contributed by atoms with van der Waals surface area (Å²) < 4.78 is 0. The topological polar surface area (TPSA) is 40.5 Å². The van der Waals surface area contributed by atoms with Crippen molar-refractivity contribution in [2.24, 2.45) is 11.8 Å². The van der Waals surface area contributed by atoms with E-state index in [1.807, 2.05) is 36.4 Å². The first-order chi connectivity index (χ1) is 15.9. The summed E-state index contributed by atoms with van der Waals surface area (Å²) in [5, 5.41) is 9.48. The predicted molar refractivity (Wildman–Crippen MR) is 141 cm³/mol. The van der Waals surface area contributed by atoms with Crippen LogP contribution in [0, 0.1) is 18.8 Å². The summed E-state index contributed by atoms with van der Waals surface area (Å²) in [6, 6.07) is 16.3. The molecular weight excluding hydrogens is 406 g/mol. The fraction of sp³-hybridized carbons (Fsp3) is 0.367. The van der Waals surface area contributed by atoms with Crippen molar-refractivity contribution in [2.75, 3.05) is 26.2 Å². The smallest absolute Gasteiger partial charge is 0.176 e. The number of carbonyl (C=O) groups excluding carboxylic acids is 1. The van der Waals surface area contributed by atoms with Crippen molar-refractivity contribution >= 4 is 5.78 Å². The third-order valence-corrected chi connectivity index (χ3v) is 6.34. The molecule has 0 radical (unpaired) electrons. The van der Waals surface area contributed by atoms with Crippen molar-refractivity contribution < 1.29 is 9.90 Å². The van der Waals surface area contributed by atoms with Gasteiger partial charge in [-0.15, -0.1) is 0 Å². The maximum absolute atomic E-state index is 12.6. The Balaban J connectivity index is 0.000000414. The summed E-state index contributed by atoms with van der Waals surface area (Å²) in [7, 11) is 0. The minimum atomic E-state index is 0.157. The van der Waals surface area contributed by atoms with E-state index >= 15 is 0 Å². The second-order valence-corrected chi connectivity index (χ2v) is 8.71. The van der Waals surface area contributed by atoms with Crippen molar-refractivity contribution in [1.82, 2.24) is 4.90 Å². The molecule has 0 aliphatic carbocycles. The van der Waals surface area contributed by atoms with E-state index in [9.17, 15) is 9.90 Å². The molecule has 1 N–H and O–H groups in total. The van der Waals surface area contributed by atoms with Crippen LogP contribution >= 0.6 is 0 Å². The van der Waals surface area contributed by atoms with E-state index in [-0.39, 0.29) is 12.4 Å². The number of likely N-dealkylation sites (tertiary alicyclic amines) is 1. The SMILES string of the molecule is C=C/C=C(\C=C)CC.CC[C@@H]1CN(CC(=O)c2ccc(-c3cccc(C)c3)cc2)C[C@@H]1CO. The standard InChI is InChI=1S/C22H27NO2.C8H12/c1-3-17-12-23(13-21(17)15-24)14-22(25)19-9-7-18(8-10-19)20-6-4-5-16(2)11-20;1-4-7-8(5-2)6-3/h4-11,17,21,24H,3,12-15H2,1-2H3;4-5,7H,1-2,6H2,3H3/b;8-7+/t17-,21-;/m1./s1. The average Bonchev–Trinajstić information content (AvgIpc) is 3.24. The van der Waals surface area contributed by atoms with Crippen molar-refractivity contribution in [3.8, 4) is 11.1 Å². The number of benzene rings is 2. The normalized spacial score (nSPS) is 18.4. The Hall–Kier alpha value is -2.75. The molecule has 0 bridgehead atoms. The van der Waals surface area contributed by atoms with Crippen LogP contribution in [-0.4, -0.2) is 42.0 Å². The number of nitrogens with zero attached hydrogens (tertiary/aromatic N) is 1. The van der Waals surface area contributed by atoms with Gasteiger partial charge >= 0.3 is 0 Å². The second-order valence-electron chi connectivity index (χ2n) is 8.71. The van der Waals surface area contributed by atoms with Crippen LogP contribution in [0.5, 0.6) is 0 Å². The first-order valence-corrected chi connectivity index (χ1v) is 11.9. The van der Waals surface area contributed by atoms with Crippen LogP contribution in [0.4, 0.5) is 0 Å². The molecule has 1 aliphatic heterocycles. The average molecular weight is 446 g/mol. The minimum absolute atomic E-state index is 0.157. The summed E-state index contributed by atoms with van der Waals surface area (Å²) in [6.45, 7) is 15.9. The van der Waals surface area contributed by atoms with Crippen LogP contribution in [0.1, 0.15) is 42.6 Å². The Labute approximate surface area is 200 Å². The number of Topliss-reactive ketones (excluding diaryl/α,β-unsaturated/α-hetero) is 1. The molecule has 0 aromatic heterocycles. The van der Waals surface area contributed by atoms with Crippen LogP contribution in [0.25, 0.3) is 11.1 Å². The number of ketones is 1. The van der Waals surface area contributed by atoms with Gasteiger partial charge in [0.05, 0.1) is 6.54 Å². The summed E-state index contributed by atoms with van der Waals surface area (Å²) in [6.07, 6.45) is 7.69. The molecule has 33 heavy (non-hydrogen) atoms. The molecule has 1 fully saturated rings. The molecule has 2 aromatic rings. The van der Waals surface area contributed by atoms with Crippen molar-refractivity contribution in [1.29, 1.82) is 0 Å². The molecule has 1 saturated heterocycles. The summed E-state index contributed by atoms with van der Waals surface area (Å²) in [5.74, 6) is 0.965. The first kappa shape index (κ1) is 26.5. The van der Waals surface area contributed by atoms with Crippen molar-refractivity contribution in [2.45, 2.75) is 33.6 Å². The molecule has 0 unspecified atom stereocenters. The maximum Gasteiger partial charge on any atom is 0.176 e. The van der Waals surface area contributed by atoms with Crippen LogP contribution in [0.2, 0.25) is 0 Å². The number of aliphatic hydroxyl groups excluding tert-OH is 1. The van der Waals surface area contributed by atoms with Crippen LogP contribution in [-0.2, 0) is 0 Å². The van der Waals surface area contributed by atoms with Gasteiger partial charge in [0.25, 0.3) is 0 Å². The first-order valence-electron chi connectivity index (χ1n) is 11.9. The van der Waals surface area contributed by atoms with E-state index in [4.69, 9.17) is 0 Å². The predicted octanol–water partition coefficient (Wildman–Crippen LogP) is 6.49. The van der Waals surface area contributed by atoms with E-state index in [2.05, 4.69) is 63.1 Å². The zero-order valence-corrected chi connectivity index (χ0v) is 20.5. The van der Waals surface area contributed by atoms with E-state index in [1.54, 1.807) is 6.08 Å². The van der Waals surface area contributed by atoms with Gasteiger partial charge in [-0.05, 0) is 41.9 Å². The lowest BCUT2D eigenvalue weighted by Gasteiger charge is -2.14. The largest absolute Gasteiger partial charge is 0.396 e. The molecule has 176 valence electrons. The Bertz CT molecular complexity index is 930. The molecular formula is C30H39NO2. The van der Waals surface area contributed by atoms with Crippen molar-refractivity contribution in [3.05, 3.63) is 96.6 Å². The highest BCUT2D eigenvalue weighted by Crippen LogP contribution is 2.26. The third kappa shape index (κ3) is 7.96. The maximum atomic E-state index is 12.6. The van der Waals surface area contributed by atoms with Gasteiger partial charge in [0.1, 0.15) is 0 Å². The number of rotatable bonds is 9. The lowest BCUT2D eigenvalue weighted by Crippen LogP contribution is -2.28. The lowest BCUT2D eigenvalue weighted by molar-refractivity contribution is 0.0940. The monoisotopic (exact) mass is 445 g/mol. The second kappa shape index (κ2) is 13.7. The highest BCUT2D eigenvalue weighted by atomic mass is 16.3. The third-order valence-electron chi connectivity index (χ3n) is 6.34. The molecule has 0 amide bonds. The van der Waals surface area contributed by atoms with Crippen LogP contribution in [0.3, 0.4) is 0 Å². The molecule has 3 rings (SSSR count). The molecule has 0 spiro atoms. The van der Waals surface area contributed by atoms with Gasteiger partial charge in [0.2, 0.25) is 0 Å². The Morgan fingerprint density at radius 3 is 2.24 bits per heavy atom. The van der Waals surface area contributed by atoms with Gasteiger partial charge in [0.15, 0.2) is 5.78 Å². The van der Waals surface area contributed by atoms with Gasteiger partial charge in [-0.2, -0.15) is 0 Å². The van der Waals surface area contributed by atoms with E-state index < -0.39 is 0 Å². The molecule has 2 aromatic carbocycles. The number of hydrogen-bond donors (Lipinski definition) is 1. The van der Waals surface area contributed by atoms with Crippen LogP contribution < -0.4 is 0 Å². The number of aryl methyl sites for hydroxylation is 1. The van der Waals surface area contributed by atoms with Crippen LogP contribution in [0.15, 0.2) is 85.5 Å². The zero-order valence-electron chi connectivity index (χ0n) is 20.5. The molecule has 3 nitrogen and oxygen atoms in total.